The van der Waals surface area contributed by atoms with Crippen molar-refractivity contribution in [2.45, 2.75) is 86.4 Å². The molecule has 312 valence electrons. The Labute approximate surface area is 340 Å². The molecule has 1 saturated heterocycles. The van der Waals surface area contributed by atoms with Gasteiger partial charge in [-0.1, -0.05) is 53.7 Å². The third-order valence-corrected chi connectivity index (χ3v) is 10.5. The molecule has 3 heterocycles. The number of fused-ring (bicyclic) bond motifs is 1. The normalized spacial score (nSPS) is 15.1. The van der Waals surface area contributed by atoms with Crippen molar-refractivity contribution in [2.24, 2.45) is 27.8 Å². The number of nitrogens with one attached hydrogen (secondary N) is 3. The lowest BCUT2D eigenvalue weighted by molar-refractivity contribution is -0.127. The molecule has 1 aromatic heterocycles. The summed E-state index contributed by atoms with van der Waals surface area (Å²) in [5.41, 5.74) is 14.7. The number of carbonyl (C=O) groups excluding carboxylic acids is 5. The first kappa shape index (κ1) is 44.9. The van der Waals surface area contributed by atoms with Gasteiger partial charge in [0.15, 0.2) is 0 Å². The number of amidine groups is 1. The number of ether oxygens (including phenoxy) is 1. The van der Waals surface area contributed by atoms with Crippen LogP contribution in [0.3, 0.4) is 0 Å². The van der Waals surface area contributed by atoms with Crippen molar-refractivity contribution in [3.8, 4) is 0 Å². The average molecular weight is 808 g/mol. The topological polar surface area (TPSA) is 205 Å². The minimum atomic E-state index is -0.680. The van der Waals surface area contributed by atoms with Crippen molar-refractivity contribution in [1.29, 1.82) is 0 Å². The van der Waals surface area contributed by atoms with E-state index in [9.17, 15) is 24.0 Å². The first-order valence-corrected chi connectivity index (χ1v) is 20.6. The Kier molecular flexibility index (Phi) is 16.6. The molecule has 5 amide bonds. The molecule has 2 aromatic rings. The number of carbonyl (C=O) groups is 5. The molecule has 1 aromatic carbocycles. The minimum Gasteiger partial charge on any atom is -0.445 e. The summed E-state index contributed by atoms with van der Waals surface area (Å²) >= 11 is 1.59. The first-order valence-electron chi connectivity index (χ1n) is 19.8. The highest BCUT2D eigenvalue weighted by atomic mass is 32.1. The summed E-state index contributed by atoms with van der Waals surface area (Å²) in [7, 11) is 0. The lowest BCUT2D eigenvalue weighted by Gasteiger charge is -2.33. The molecule has 2 aliphatic rings. The smallest absolute Gasteiger partial charge is 0.410 e. The highest BCUT2D eigenvalue weighted by Gasteiger charge is 2.26. The molecule has 1 atom stereocenters. The van der Waals surface area contributed by atoms with Crippen LogP contribution >= 0.6 is 11.3 Å². The van der Waals surface area contributed by atoms with Crippen LogP contribution < -0.4 is 27.4 Å². The second kappa shape index (κ2) is 21.1. The van der Waals surface area contributed by atoms with Crippen LogP contribution in [0.25, 0.3) is 6.08 Å². The number of aliphatic imine (C=N–C) groups is 1. The number of hydrogen-bond acceptors (Lipinski definition) is 11. The van der Waals surface area contributed by atoms with E-state index in [0.29, 0.717) is 82.3 Å². The van der Waals surface area contributed by atoms with Gasteiger partial charge in [0.2, 0.25) is 23.6 Å². The third-order valence-electron chi connectivity index (χ3n) is 9.46. The highest BCUT2D eigenvalue weighted by Crippen LogP contribution is 2.35. The zero-order valence-corrected chi connectivity index (χ0v) is 35.1. The molecule has 1 fully saturated rings. The van der Waals surface area contributed by atoms with E-state index in [0.717, 1.165) is 27.4 Å². The van der Waals surface area contributed by atoms with Gasteiger partial charge in [-0.2, -0.15) is 0 Å². The zero-order chi connectivity index (χ0) is 41.7. The van der Waals surface area contributed by atoms with E-state index in [2.05, 4.69) is 25.8 Å². The molecule has 16 heteroatoms. The average Bonchev–Trinajstić information content (AvgIpc) is 3.44. The van der Waals surface area contributed by atoms with Gasteiger partial charge in [0.05, 0.1) is 23.2 Å². The van der Waals surface area contributed by atoms with E-state index >= 15 is 0 Å². The lowest BCUT2D eigenvalue weighted by Crippen LogP contribution is -2.48. The molecule has 7 N–H and O–H groups in total. The van der Waals surface area contributed by atoms with Crippen LogP contribution in [-0.4, -0.2) is 109 Å². The van der Waals surface area contributed by atoms with Crippen LogP contribution in [0.1, 0.15) is 82.5 Å². The van der Waals surface area contributed by atoms with E-state index in [4.69, 9.17) is 16.2 Å². The minimum absolute atomic E-state index is 0.0204. The molecule has 15 nitrogen and oxygen atoms in total. The van der Waals surface area contributed by atoms with Gasteiger partial charge in [0.1, 0.15) is 12.4 Å². The van der Waals surface area contributed by atoms with Gasteiger partial charge in [0, 0.05) is 81.3 Å². The highest BCUT2D eigenvalue weighted by molar-refractivity contribution is 7.13. The monoisotopic (exact) mass is 807 g/mol. The second-order valence-corrected chi connectivity index (χ2v) is 17.4. The zero-order valence-electron chi connectivity index (χ0n) is 34.3. The predicted molar refractivity (Wildman–Crippen MR) is 225 cm³/mol. The fraction of sp³-hybridized carbons (Fsp3) is 0.561. The number of amides is 5. The van der Waals surface area contributed by atoms with E-state index < -0.39 is 6.04 Å². The summed E-state index contributed by atoms with van der Waals surface area (Å²) in [4.78, 5) is 75.6. The van der Waals surface area contributed by atoms with Crippen LogP contribution in [0.5, 0.6) is 0 Å². The fourth-order valence-electron chi connectivity index (χ4n) is 6.30. The summed E-state index contributed by atoms with van der Waals surface area (Å²) in [6, 6.07) is 8.30. The summed E-state index contributed by atoms with van der Waals surface area (Å²) in [5.74, 6) is -0.439. The van der Waals surface area contributed by atoms with Gasteiger partial charge < -0.3 is 42.0 Å². The SMILES string of the molecule is CCCN(CCCNC(=O)CC(C)(C)C)C(=O)C1=Cc2sc(CN3CCN(C(=O)OCc4ccc(NC(=O)CNC(=O)C(N)C(C)C)cc4)CC3)cc2N=C(N)C1. The number of anilines is 1. The first-order chi connectivity index (χ1) is 27.0. The van der Waals surface area contributed by atoms with Crippen LogP contribution in [0, 0.1) is 11.3 Å². The molecule has 0 saturated carbocycles. The van der Waals surface area contributed by atoms with E-state index in [1.165, 1.54) is 0 Å². The lowest BCUT2D eigenvalue weighted by atomic mass is 9.92. The van der Waals surface area contributed by atoms with Crippen molar-refractivity contribution in [3.63, 3.8) is 0 Å². The number of hydrogen-bond donors (Lipinski definition) is 5. The van der Waals surface area contributed by atoms with Gasteiger partial charge in [0.25, 0.3) is 0 Å². The summed E-state index contributed by atoms with van der Waals surface area (Å²) in [6.07, 6.45) is 3.74. The molecule has 1 unspecified atom stereocenters. The predicted octanol–water partition coefficient (Wildman–Crippen LogP) is 4.20. The van der Waals surface area contributed by atoms with E-state index in [-0.39, 0.29) is 60.6 Å². The fourth-order valence-corrected chi connectivity index (χ4v) is 7.41. The molecule has 0 aliphatic carbocycles. The number of piperazine rings is 1. The van der Waals surface area contributed by atoms with Crippen molar-refractivity contribution in [2.75, 3.05) is 57.7 Å². The van der Waals surface area contributed by atoms with Gasteiger partial charge in [-0.3, -0.25) is 24.1 Å². The molecule has 0 bridgehead atoms. The largest absolute Gasteiger partial charge is 0.445 e. The Hall–Kier alpha value is -4.80. The van der Waals surface area contributed by atoms with Crippen molar-refractivity contribution in [1.82, 2.24) is 25.3 Å². The van der Waals surface area contributed by atoms with Crippen molar-refractivity contribution < 1.29 is 28.7 Å². The van der Waals surface area contributed by atoms with Crippen molar-refractivity contribution >= 4 is 64.3 Å². The van der Waals surface area contributed by atoms with Gasteiger partial charge >= 0.3 is 6.09 Å². The molecule has 0 radical (unpaired) electrons. The Bertz CT molecular complexity index is 1770. The molecular weight excluding hydrogens is 747 g/mol. The van der Waals surface area contributed by atoms with E-state index in [1.807, 2.05) is 58.6 Å². The maximum atomic E-state index is 13.8. The van der Waals surface area contributed by atoms with Crippen LogP contribution in [0.2, 0.25) is 0 Å². The van der Waals surface area contributed by atoms with Crippen LogP contribution in [-0.2, 0) is 37.1 Å². The van der Waals surface area contributed by atoms with Crippen LogP contribution in [0.4, 0.5) is 16.2 Å². The molecule has 57 heavy (non-hydrogen) atoms. The molecule has 4 rings (SSSR count). The Morgan fingerprint density at radius 2 is 1.70 bits per heavy atom. The van der Waals surface area contributed by atoms with Crippen LogP contribution in [0.15, 0.2) is 40.9 Å². The van der Waals surface area contributed by atoms with Crippen molar-refractivity contribution in [3.05, 3.63) is 51.2 Å². The van der Waals surface area contributed by atoms with Gasteiger partial charge in [-0.15, -0.1) is 11.3 Å². The summed E-state index contributed by atoms with van der Waals surface area (Å²) in [5, 5.41) is 8.24. The van der Waals surface area contributed by atoms with E-state index in [1.54, 1.807) is 40.5 Å². The number of thiophene rings is 1. The van der Waals surface area contributed by atoms with Gasteiger partial charge in [-0.25, -0.2) is 9.79 Å². The Morgan fingerprint density at radius 1 is 1.00 bits per heavy atom. The number of nitrogens with two attached hydrogens (primary N) is 2. The number of nitrogens with zero attached hydrogens (tertiary/aromatic N) is 4. The Morgan fingerprint density at radius 3 is 2.35 bits per heavy atom. The number of rotatable bonds is 17. The van der Waals surface area contributed by atoms with Gasteiger partial charge in [-0.05, 0) is 54.0 Å². The maximum Gasteiger partial charge on any atom is 0.410 e. The Balaban J connectivity index is 1.22. The summed E-state index contributed by atoms with van der Waals surface area (Å²) in [6.45, 7) is 16.4. The number of benzene rings is 1. The standard InChI is InChI=1S/C41H61N9O6S/c1-7-14-49(15-8-13-44-35(51)23-41(4,5)6)39(54)29-20-33-32(47-34(42)21-29)22-31(57-33)25-48-16-18-50(19-17-48)40(55)56-26-28-9-11-30(12-10-28)46-36(52)24-45-38(53)37(43)27(2)3/h9-12,20,22,27,37H,7-8,13-19,21,23-26,43H2,1-6H3,(H2,42,47)(H,44,51)(H,45,53)(H,46,52). The third kappa shape index (κ3) is 14.6. The molecular formula is C41H61N9O6S. The quantitative estimate of drug-likeness (QED) is 0.145. The maximum absolute atomic E-state index is 13.8. The second-order valence-electron chi connectivity index (χ2n) is 16.2. The molecule has 0 spiro atoms. The summed E-state index contributed by atoms with van der Waals surface area (Å²) < 4.78 is 5.58. The molecule has 2 aliphatic heterocycles.